The van der Waals surface area contributed by atoms with Crippen molar-refractivity contribution in [1.82, 2.24) is 9.97 Å². The summed E-state index contributed by atoms with van der Waals surface area (Å²) in [5.74, 6) is 0.590. The van der Waals surface area contributed by atoms with Gasteiger partial charge in [0.15, 0.2) is 6.61 Å². The van der Waals surface area contributed by atoms with Crippen LogP contribution in [-0.4, -0.2) is 22.5 Å². The first-order valence-corrected chi connectivity index (χ1v) is 11.6. The van der Waals surface area contributed by atoms with Gasteiger partial charge >= 0.3 is 0 Å². The topological polar surface area (TPSA) is 90.8 Å². The lowest BCUT2D eigenvalue weighted by Gasteiger charge is -2.10. The van der Waals surface area contributed by atoms with Gasteiger partial charge in [0, 0.05) is 0 Å². The number of carbonyl (C=O) groups is 1. The second-order valence-corrected chi connectivity index (χ2v) is 9.08. The predicted octanol–water partition coefficient (Wildman–Crippen LogP) is 7.22. The van der Waals surface area contributed by atoms with Crippen molar-refractivity contribution in [2.45, 2.75) is 13.8 Å². The molecule has 9 heteroatoms. The average Bonchev–Trinajstić information content (AvgIpc) is 3.23. The molecule has 0 aliphatic rings. The number of allylic oxidation sites excluding steroid dienone is 1. The molecule has 0 saturated heterocycles. The van der Waals surface area contributed by atoms with E-state index in [0.29, 0.717) is 27.9 Å². The third-order valence-electron chi connectivity index (χ3n) is 5.32. The number of H-pyrrole nitrogens is 1. The van der Waals surface area contributed by atoms with E-state index < -0.39 is 5.91 Å². The number of benzene rings is 3. The van der Waals surface area contributed by atoms with Crippen LogP contribution in [0, 0.1) is 25.2 Å². The number of aromatic amines is 1. The Balaban J connectivity index is 1.42. The van der Waals surface area contributed by atoms with Crippen molar-refractivity contribution in [2.75, 3.05) is 11.9 Å². The monoisotopic (exact) mass is 524 g/mol. The highest BCUT2D eigenvalue weighted by Gasteiger charge is 2.11. The zero-order valence-electron chi connectivity index (χ0n) is 18.7. The fraction of sp³-hybridized carbons (Fsp3) is 0.115. The Kier molecular flexibility index (Phi) is 7.32. The number of amides is 1. The summed E-state index contributed by atoms with van der Waals surface area (Å²) >= 11 is 18.0. The molecule has 35 heavy (non-hydrogen) atoms. The van der Waals surface area contributed by atoms with Crippen molar-refractivity contribution in [3.05, 3.63) is 86.1 Å². The Morgan fingerprint density at radius 2 is 1.74 bits per heavy atom. The van der Waals surface area contributed by atoms with Crippen LogP contribution in [0.2, 0.25) is 15.1 Å². The maximum absolute atomic E-state index is 12.2. The maximum Gasteiger partial charge on any atom is 0.262 e. The molecule has 3 aromatic carbocycles. The van der Waals surface area contributed by atoms with Crippen molar-refractivity contribution < 1.29 is 9.53 Å². The minimum Gasteiger partial charge on any atom is -0.484 e. The van der Waals surface area contributed by atoms with Crippen molar-refractivity contribution in [1.29, 1.82) is 5.26 Å². The Bertz CT molecular complexity index is 1460. The van der Waals surface area contributed by atoms with Gasteiger partial charge < -0.3 is 15.0 Å². The summed E-state index contributed by atoms with van der Waals surface area (Å²) in [6.07, 6.45) is 1.74. The summed E-state index contributed by atoms with van der Waals surface area (Å²) in [6.45, 7) is 3.83. The highest BCUT2D eigenvalue weighted by atomic mass is 35.5. The Labute approximate surface area is 217 Å². The predicted molar refractivity (Wildman–Crippen MR) is 141 cm³/mol. The molecule has 0 fully saturated rings. The molecule has 1 heterocycles. The summed E-state index contributed by atoms with van der Waals surface area (Å²) in [5.41, 5.74) is 5.52. The van der Waals surface area contributed by atoms with E-state index >= 15 is 0 Å². The number of aryl methyl sites for hydroxylation is 2. The molecule has 1 amide bonds. The molecular weight excluding hydrogens is 507 g/mol. The molecule has 0 saturated carbocycles. The average molecular weight is 526 g/mol. The van der Waals surface area contributed by atoms with Gasteiger partial charge in [0.2, 0.25) is 0 Å². The summed E-state index contributed by atoms with van der Waals surface area (Å²) in [4.78, 5) is 20.0. The van der Waals surface area contributed by atoms with Crippen LogP contribution in [0.4, 0.5) is 5.69 Å². The highest BCUT2D eigenvalue weighted by molar-refractivity contribution is 6.44. The number of halogens is 3. The van der Waals surface area contributed by atoms with E-state index in [2.05, 4.69) is 21.4 Å². The number of carbonyl (C=O) groups excluding carboxylic acids is 1. The van der Waals surface area contributed by atoms with Gasteiger partial charge in [0.25, 0.3) is 5.91 Å². The van der Waals surface area contributed by atoms with E-state index in [0.717, 1.165) is 27.7 Å². The van der Waals surface area contributed by atoms with Crippen LogP contribution in [0.3, 0.4) is 0 Å². The van der Waals surface area contributed by atoms with Crippen LogP contribution in [0.1, 0.15) is 22.5 Å². The minimum atomic E-state index is -0.406. The zero-order chi connectivity index (χ0) is 25.1. The number of hydrogen-bond acceptors (Lipinski definition) is 4. The summed E-state index contributed by atoms with van der Waals surface area (Å²) in [7, 11) is 0. The quantitative estimate of drug-likeness (QED) is 0.205. The number of aromatic nitrogens is 2. The smallest absolute Gasteiger partial charge is 0.262 e. The number of anilines is 1. The van der Waals surface area contributed by atoms with Crippen molar-refractivity contribution in [2.24, 2.45) is 0 Å². The molecule has 0 radical (unpaired) electrons. The van der Waals surface area contributed by atoms with Crippen LogP contribution in [0.25, 0.3) is 22.7 Å². The number of ether oxygens (including phenoxy) is 1. The molecule has 4 aromatic rings. The number of nitrogens with zero attached hydrogens (tertiary/aromatic N) is 2. The molecule has 176 valence electrons. The van der Waals surface area contributed by atoms with Crippen LogP contribution in [-0.2, 0) is 4.79 Å². The van der Waals surface area contributed by atoms with Gasteiger partial charge in [-0.15, -0.1) is 0 Å². The van der Waals surface area contributed by atoms with Crippen molar-refractivity contribution in [3.8, 4) is 11.8 Å². The first-order valence-electron chi connectivity index (χ1n) is 10.5. The normalized spacial score (nSPS) is 11.4. The standard InChI is InChI=1S/C26H19Cl3N4O2/c1-14-7-23-24(8-15(14)2)33-26(32-23)17(12-30)9-16-3-5-18(6-4-16)35-13-25(34)31-22-11-20(28)19(27)10-21(22)29/h3-11H,13H2,1-2H3,(H,31,34)(H,32,33)/b17-9+. The number of rotatable bonds is 6. The zero-order valence-corrected chi connectivity index (χ0v) is 21.0. The van der Waals surface area contributed by atoms with E-state index in [1.165, 1.54) is 12.1 Å². The number of hydrogen-bond donors (Lipinski definition) is 2. The van der Waals surface area contributed by atoms with Crippen LogP contribution in [0.5, 0.6) is 5.75 Å². The van der Waals surface area contributed by atoms with E-state index in [1.807, 2.05) is 26.0 Å². The molecule has 0 aliphatic carbocycles. The molecule has 0 bridgehead atoms. The molecular formula is C26H19Cl3N4O2. The van der Waals surface area contributed by atoms with Gasteiger partial charge in [-0.2, -0.15) is 5.26 Å². The van der Waals surface area contributed by atoms with Crippen LogP contribution < -0.4 is 10.1 Å². The van der Waals surface area contributed by atoms with Gasteiger partial charge in [-0.05, 0) is 73.0 Å². The third-order valence-corrected chi connectivity index (χ3v) is 6.35. The van der Waals surface area contributed by atoms with E-state index in [9.17, 15) is 10.1 Å². The molecule has 4 rings (SSSR count). The van der Waals surface area contributed by atoms with Crippen LogP contribution >= 0.6 is 34.8 Å². The largest absolute Gasteiger partial charge is 0.484 e. The number of fused-ring (bicyclic) bond motifs is 1. The molecule has 6 nitrogen and oxygen atoms in total. The Morgan fingerprint density at radius 3 is 2.46 bits per heavy atom. The summed E-state index contributed by atoms with van der Waals surface area (Å²) in [6, 6.07) is 16.2. The molecule has 1 aromatic heterocycles. The van der Waals surface area contributed by atoms with Gasteiger partial charge in [0.1, 0.15) is 17.6 Å². The van der Waals surface area contributed by atoms with E-state index in [-0.39, 0.29) is 16.7 Å². The number of nitriles is 1. The minimum absolute atomic E-state index is 0.229. The van der Waals surface area contributed by atoms with Gasteiger partial charge in [-0.1, -0.05) is 46.9 Å². The molecule has 0 aliphatic heterocycles. The van der Waals surface area contributed by atoms with Crippen molar-refractivity contribution >= 4 is 69.1 Å². The molecule has 2 N–H and O–H groups in total. The third kappa shape index (κ3) is 5.77. The van der Waals surface area contributed by atoms with Gasteiger partial charge in [0.05, 0.1) is 37.4 Å². The lowest BCUT2D eigenvalue weighted by molar-refractivity contribution is -0.118. The first-order chi connectivity index (χ1) is 16.7. The highest BCUT2D eigenvalue weighted by Crippen LogP contribution is 2.32. The lowest BCUT2D eigenvalue weighted by atomic mass is 10.1. The lowest BCUT2D eigenvalue weighted by Crippen LogP contribution is -2.20. The first kappa shape index (κ1) is 24.6. The number of imidazole rings is 1. The molecule has 0 atom stereocenters. The fourth-order valence-corrected chi connectivity index (χ4v) is 3.93. The fourth-order valence-electron chi connectivity index (χ4n) is 3.33. The molecule has 0 unspecified atom stereocenters. The summed E-state index contributed by atoms with van der Waals surface area (Å²) in [5, 5.41) is 13.2. The van der Waals surface area contributed by atoms with E-state index in [4.69, 9.17) is 39.5 Å². The Morgan fingerprint density at radius 1 is 1.06 bits per heavy atom. The Hall–Kier alpha value is -3.50. The molecule has 0 spiro atoms. The van der Waals surface area contributed by atoms with E-state index in [1.54, 1.807) is 30.3 Å². The SMILES string of the molecule is Cc1cc2nc(/C(C#N)=C/c3ccc(OCC(=O)Nc4cc(Cl)c(Cl)cc4Cl)cc3)[nH]c2cc1C. The maximum atomic E-state index is 12.2. The summed E-state index contributed by atoms with van der Waals surface area (Å²) < 4.78 is 5.55. The second-order valence-electron chi connectivity index (χ2n) is 7.86. The van der Waals surface area contributed by atoms with Crippen molar-refractivity contribution in [3.63, 3.8) is 0 Å². The van der Waals surface area contributed by atoms with Gasteiger partial charge in [-0.3, -0.25) is 4.79 Å². The second kappa shape index (κ2) is 10.4. The van der Waals surface area contributed by atoms with Gasteiger partial charge in [-0.25, -0.2) is 4.98 Å². The number of nitrogens with one attached hydrogen (secondary N) is 2. The van der Waals surface area contributed by atoms with Crippen LogP contribution in [0.15, 0.2) is 48.5 Å².